The Labute approximate surface area is 160 Å². The van der Waals surface area contributed by atoms with Gasteiger partial charge in [-0.05, 0) is 42.3 Å². The van der Waals surface area contributed by atoms with Gasteiger partial charge in [-0.15, -0.1) is 0 Å². The van der Waals surface area contributed by atoms with Crippen LogP contribution < -0.4 is 4.74 Å². The molecule has 0 bridgehead atoms. The van der Waals surface area contributed by atoms with Gasteiger partial charge in [0.2, 0.25) is 0 Å². The number of aliphatic hydroxyl groups excluding tert-OH is 1. The lowest BCUT2D eigenvalue weighted by Gasteiger charge is -2.25. The van der Waals surface area contributed by atoms with E-state index in [0.717, 1.165) is 12.1 Å². The predicted molar refractivity (Wildman–Crippen MR) is 98.7 cm³/mol. The molecular formula is C21H19F2NO4. The zero-order valence-electron chi connectivity index (χ0n) is 15.4. The summed E-state index contributed by atoms with van der Waals surface area (Å²) in [4.78, 5) is 26.6. The van der Waals surface area contributed by atoms with Crippen molar-refractivity contribution in [1.82, 2.24) is 4.90 Å². The van der Waals surface area contributed by atoms with Crippen molar-refractivity contribution in [2.45, 2.75) is 19.4 Å². The molecule has 1 unspecified atom stereocenters. The molecule has 1 atom stereocenters. The monoisotopic (exact) mass is 387 g/mol. The minimum absolute atomic E-state index is 0.0379. The maximum Gasteiger partial charge on any atom is 0.295 e. The molecule has 5 nitrogen and oxygen atoms in total. The number of aliphatic hydroxyl groups is 1. The minimum atomic E-state index is -0.909. The molecule has 1 aliphatic heterocycles. The molecule has 146 valence electrons. The summed E-state index contributed by atoms with van der Waals surface area (Å²) in [7, 11) is 1.34. The van der Waals surface area contributed by atoms with Crippen LogP contribution >= 0.6 is 0 Å². The summed E-state index contributed by atoms with van der Waals surface area (Å²) in [6.07, 6.45) is 0.577. The Kier molecular flexibility index (Phi) is 5.44. The molecule has 3 rings (SSSR count). The molecule has 2 aromatic rings. The number of carbonyl (C=O) groups is 2. The van der Waals surface area contributed by atoms with Crippen LogP contribution in [0.25, 0.3) is 5.76 Å². The van der Waals surface area contributed by atoms with Gasteiger partial charge in [-0.1, -0.05) is 19.1 Å². The summed E-state index contributed by atoms with van der Waals surface area (Å²) in [6.45, 7) is 2.11. The number of nitrogens with zero attached hydrogens (tertiary/aromatic N) is 1. The molecule has 0 spiro atoms. The van der Waals surface area contributed by atoms with Gasteiger partial charge in [0, 0.05) is 6.54 Å². The summed E-state index contributed by atoms with van der Waals surface area (Å²) in [5.74, 6) is -3.15. The fraction of sp³-hybridized carbons (Fsp3) is 0.238. The van der Waals surface area contributed by atoms with Crippen molar-refractivity contribution in [3.63, 3.8) is 0 Å². The highest BCUT2D eigenvalue weighted by molar-refractivity contribution is 6.46. The number of likely N-dealkylation sites (tertiary alicyclic amines) is 1. The summed E-state index contributed by atoms with van der Waals surface area (Å²) in [5, 5.41) is 10.9. The van der Waals surface area contributed by atoms with Gasteiger partial charge in [0.1, 0.15) is 23.1 Å². The van der Waals surface area contributed by atoms with Crippen molar-refractivity contribution in [3.8, 4) is 5.75 Å². The summed E-state index contributed by atoms with van der Waals surface area (Å²) in [5.41, 5.74) is 0.240. The highest BCUT2D eigenvalue weighted by atomic mass is 19.1. The molecule has 1 aliphatic rings. The van der Waals surface area contributed by atoms with Crippen molar-refractivity contribution < 1.29 is 28.2 Å². The summed E-state index contributed by atoms with van der Waals surface area (Å²) >= 11 is 0. The Morgan fingerprint density at radius 1 is 1.11 bits per heavy atom. The number of amides is 1. The number of hydrogen-bond acceptors (Lipinski definition) is 4. The number of ether oxygens (including phenoxy) is 1. The second-order valence-corrected chi connectivity index (χ2v) is 6.39. The maximum absolute atomic E-state index is 13.8. The quantitative estimate of drug-likeness (QED) is 0.481. The van der Waals surface area contributed by atoms with Crippen LogP contribution in [0, 0.1) is 11.6 Å². The SMILES string of the molecule is CCCN1C(=O)C(=O)/C(=C(/O)c2cc(F)ccc2OC)C1c1ccc(F)cc1. The zero-order valence-corrected chi connectivity index (χ0v) is 15.4. The van der Waals surface area contributed by atoms with Crippen LogP contribution in [-0.4, -0.2) is 35.4 Å². The van der Waals surface area contributed by atoms with Gasteiger partial charge in [-0.2, -0.15) is 0 Å². The van der Waals surface area contributed by atoms with E-state index in [2.05, 4.69) is 0 Å². The van der Waals surface area contributed by atoms with E-state index < -0.39 is 35.1 Å². The third-order valence-electron chi connectivity index (χ3n) is 4.61. The van der Waals surface area contributed by atoms with Gasteiger partial charge in [-0.3, -0.25) is 9.59 Å². The third kappa shape index (κ3) is 3.35. The van der Waals surface area contributed by atoms with E-state index in [1.165, 1.54) is 42.3 Å². The number of carbonyl (C=O) groups excluding carboxylic acids is 2. The third-order valence-corrected chi connectivity index (χ3v) is 4.61. The van der Waals surface area contributed by atoms with Gasteiger partial charge >= 0.3 is 0 Å². The minimum Gasteiger partial charge on any atom is -0.507 e. The number of ketones is 1. The van der Waals surface area contributed by atoms with Crippen LogP contribution in [0.4, 0.5) is 8.78 Å². The number of methoxy groups -OCH3 is 1. The Hall–Kier alpha value is -3.22. The molecule has 0 saturated carbocycles. The maximum atomic E-state index is 13.8. The lowest BCUT2D eigenvalue weighted by molar-refractivity contribution is -0.139. The average Bonchev–Trinajstić information content (AvgIpc) is 2.93. The van der Waals surface area contributed by atoms with Crippen LogP contribution in [-0.2, 0) is 9.59 Å². The van der Waals surface area contributed by atoms with Crippen molar-refractivity contribution >= 4 is 17.4 Å². The van der Waals surface area contributed by atoms with Crippen molar-refractivity contribution in [2.75, 3.05) is 13.7 Å². The summed E-state index contributed by atoms with van der Waals surface area (Å²) in [6, 6.07) is 7.92. The Morgan fingerprint density at radius 3 is 2.36 bits per heavy atom. The van der Waals surface area contributed by atoms with Gasteiger partial charge in [-0.25, -0.2) is 8.78 Å². The lowest BCUT2D eigenvalue weighted by atomic mass is 9.95. The van der Waals surface area contributed by atoms with Crippen LogP contribution in [0.1, 0.15) is 30.5 Å². The van der Waals surface area contributed by atoms with Gasteiger partial charge in [0.15, 0.2) is 0 Å². The molecule has 28 heavy (non-hydrogen) atoms. The molecule has 1 heterocycles. The molecule has 0 aliphatic carbocycles. The Bertz CT molecular complexity index is 953. The summed E-state index contributed by atoms with van der Waals surface area (Å²) < 4.78 is 32.3. The first-order valence-electron chi connectivity index (χ1n) is 8.76. The number of Topliss-reactive ketones (excluding diaryl/α,β-unsaturated/α-hetero) is 1. The average molecular weight is 387 g/mol. The van der Waals surface area contributed by atoms with Gasteiger partial charge in [0.05, 0.1) is 24.3 Å². The first kappa shape index (κ1) is 19.5. The first-order chi connectivity index (χ1) is 13.4. The van der Waals surface area contributed by atoms with Crippen LogP contribution in [0.15, 0.2) is 48.0 Å². The standard InChI is InChI=1S/C21H19F2NO4/c1-3-10-24-18(12-4-6-13(22)7-5-12)17(20(26)21(24)27)19(25)15-11-14(23)8-9-16(15)28-2/h4-9,11,18,25H,3,10H2,1-2H3/b19-17+. The van der Waals surface area contributed by atoms with Crippen molar-refractivity contribution in [2.24, 2.45) is 0 Å². The van der Waals surface area contributed by atoms with Gasteiger partial charge in [0.25, 0.3) is 11.7 Å². The van der Waals surface area contributed by atoms with Crippen LogP contribution in [0.2, 0.25) is 0 Å². The van der Waals surface area contributed by atoms with Crippen LogP contribution in [0.5, 0.6) is 5.75 Å². The first-order valence-corrected chi connectivity index (χ1v) is 8.76. The molecule has 7 heteroatoms. The van der Waals surface area contributed by atoms with E-state index in [4.69, 9.17) is 4.74 Å². The van der Waals surface area contributed by atoms with E-state index in [-0.39, 0.29) is 23.4 Å². The molecule has 0 aromatic heterocycles. The number of benzene rings is 2. The van der Waals surface area contributed by atoms with Crippen molar-refractivity contribution in [1.29, 1.82) is 0 Å². The second kappa shape index (κ2) is 7.80. The molecule has 2 aromatic carbocycles. The van der Waals surface area contributed by atoms with Crippen molar-refractivity contribution in [3.05, 3.63) is 70.8 Å². The molecular weight excluding hydrogens is 368 g/mol. The fourth-order valence-corrected chi connectivity index (χ4v) is 3.35. The zero-order chi connectivity index (χ0) is 20.4. The Balaban J connectivity index is 2.24. The smallest absolute Gasteiger partial charge is 0.295 e. The van der Waals surface area contributed by atoms with E-state index >= 15 is 0 Å². The Morgan fingerprint density at radius 2 is 1.75 bits per heavy atom. The largest absolute Gasteiger partial charge is 0.507 e. The molecule has 1 amide bonds. The molecule has 1 N–H and O–H groups in total. The fourth-order valence-electron chi connectivity index (χ4n) is 3.35. The highest BCUT2D eigenvalue weighted by Gasteiger charge is 2.45. The molecule has 1 saturated heterocycles. The number of halogens is 2. The molecule has 0 radical (unpaired) electrons. The second-order valence-electron chi connectivity index (χ2n) is 6.39. The normalized spacial score (nSPS) is 18.6. The van der Waals surface area contributed by atoms with Gasteiger partial charge < -0.3 is 14.7 Å². The number of hydrogen-bond donors (Lipinski definition) is 1. The van der Waals surface area contributed by atoms with E-state index in [1.54, 1.807) is 0 Å². The highest BCUT2D eigenvalue weighted by Crippen LogP contribution is 2.41. The number of rotatable bonds is 5. The van der Waals surface area contributed by atoms with E-state index in [9.17, 15) is 23.5 Å². The topological polar surface area (TPSA) is 66.8 Å². The van der Waals surface area contributed by atoms with E-state index in [1.807, 2.05) is 6.92 Å². The predicted octanol–water partition coefficient (Wildman–Crippen LogP) is 3.81. The van der Waals surface area contributed by atoms with Crippen LogP contribution in [0.3, 0.4) is 0 Å². The van der Waals surface area contributed by atoms with E-state index in [0.29, 0.717) is 12.0 Å². The molecule has 1 fully saturated rings. The lowest BCUT2D eigenvalue weighted by Crippen LogP contribution is -2.30.